The molecule has 0 aliphatic carbocycles. The number of hydrogen-bond acceptors (Lipinski definition) is 5. The van der Waals surface area contributed by atoms with E-state index in [9.17, 15) is 19.8 Å². The summed E-state index contributed by atoms with van der Waals surface area (Å²) >= 11 is 0. The third-order valence-electron chi connectivity index (χ3n) is 4.24. The minimum Gasteiger partial charge on any atom is -0.508 e. The van der Waals surface area contributed by atoms with Gasteiger partial charge in [0.25, 0.3) is 5.91 Å². The van der Waals surface area contributed by atoms with Crippen LogP contribution in [0.5, 0.6) is 5.75 Å². The summed E-state index contributed by atoms with van der Waals surface area (Å²) in [7, 11) is 0. The number of nitrogens with one attached hydrogen (secondary N) is 1. The molecule has 1 aliphatic rings. The Morgan fingerprint density at radius 2 is 1.86 bits per heavy atom. The number of carboxylic acids is 1. The molecule has 0 aromatic heterocycles. The van der Waals surface area contributed by atoms with Gasteiger partial charge >= 0.3 is 5.97 Å². The number of phenolic OH excluding ortho intramolecular Hbond substituents is 1. The maximum Gasteiger partial charge on any atom is 0.328 e. The van der Waals surface area contributed by atoms with E-state index in [4.69, 9.17) is 9.47 Å². The van der Waals surface area contributed by atoms with Crippen LogP contribution in [0.1, 0.15) is 17.5 Å². The van der Waals surface area contributed by atoms with Gasteiger partial charge in [-0.3, -0.25) is 4.79 Å². The van der Waals surface area contributed by atoms with Crippen LogP contribution in [0.15, 0.2) is 60.7 Å². The topological polar surface area (TPSA) is 105 Å². The lowest BCUT2D eigenvalue weighted by molar-refractivity contribution is -0.145. The van der Waals surface area contributed by atoms with Gasteiger partial charge in [-0.25, -0.2) is 4.79 Å². The zero-order valence-corrected chi connectivity index (χ0v) is 15.1. The number of carbonyl (C=O) groups excluding carboxylic acids is 1. The van der Waals surface area contributed by atoms with E-state index in [2.05, 4.69) is 5.32 Å². The van der Waals surface area contributed by atoms with E-state index in [1.54, 1.807) is 18.2 Å². The third kappa shape index (κ3) is 5.11. The summed E-state index contributed by atoms with van der Waals surface area (Å²) in [6.45, 7) is 0.105. The van der Waals surface area contributed by atoms with Crippen molar-refractivity contribution < 1.29 is 29.3 Å². The van der Waals surface area contributed by atoms with E-state index in [1.165, 1.54) is 12.1 Å². The quantitative estimate of drug-likeness (QED) is 0.646. The monoisotopic (exact) mass is 383 g/mol. The first kappa shape index (κ1) is 19.4. The second kappa shape index (κ2) is 9.05. The van der Waals surface area contributed by atoms with Crippen molar-refractivity contribution in [3.63, 3.8) is 0 Å². The van der Waals surface area contributed by atoms with Crippen LogP contribution in [0, 0.1) is 0 Å². The number of hydrogen-bond donors (Lipinski definition) is 3. The zero-order valence-electron chi connectivity index (χ0n) is 15.1. The van der Waals surface area contributed by atoms with Crippen molar-refractivity contribution in [2.24, 2.45) is 0 Å². The molecular weight excluding hydrogens is 362 g/mol. The lowest BCUT2D eigenvalue weighted by Crippen LogP contribution is -2.47. The zero-order chi connectivity index (χ0) is 19.9. The highest BCUT2D eigenvalue weighted by molar-refractivity contribution is 5.88. The van der Waals surface area contributed by atoms with Crippen LogP contribution >= 0.6 is 0 Å². The Hall–Kier alpha value is -3.32. The Balaban J connectivity index is 1.50. The van der Waals surface area contributed by atoms with Gasteiger partial charge in [0.15, 0.2) is 12.1 Å². The van der Waals surface area contributed by atoms with Crippen molar-refractivity contribution in [2.45, 2.75) is 25.2 Å². The molecule has 3 rings (SSSR count). The number of benzene rings is 2. The fourth-order valence-corrected chi connectivity index (χ4v) is 2.74. The predicted octanol–water partition coefficient (Wildman–Crippen LogP) is 2.31. The molecule has 0 radical (unpaired) electrons. The molecule has 7 heteroatoms. The maximum atomic E-state index is 12.4. The smallest absolute Gasteiger partial charge is 0.328 e. The Labute approximate surface area is 162 Å². The highest BCUT2D eigenvalue weighted by atomic mass is 16.5. The van der Waals surface area contributed by atoms with Crippen LogP contribution in [-0.4, -0.2) is 40.8 Å². The Bertz CT molecular complexity index is 847. The van der Waals surface area contributed by atoms with Crippen molar-refractivity contribution >= 4 is 17.6 Å². The normalized spacial score (nSPS) is 16.7. The van der Waals surface area contributed by atoms with Gasteiger partial charge in [0.05, 0.1) is 13.2 Å². The van der Waals surface area contributed by atoms with E-state index in [1.807, 2.05) is 30.3 Å². The van der Waals surface area contributed by atoms with Crippen molar-refractivity contribution in [1.82, 2.24) is 5.32 Å². The van der Waals surface area contributed by atoms with Gasteiger partial charge in [-0.15, -0.1) is 0 Å². The van der Waals surface area contributed by atoms with E-state index in [0.717, 1.165) is 11.1 Å². The van der Waals surface area contributed by atoms with E-state index < -0.39 is 24.0 Å². The SMILES string of the molecule is O=C(O)C(COCc1ccccc1)NC(=O)C1CC=C(c2ccc(O)cc2)O1. The first-order valence-corrected chi connectivity index (χ1v) is 8.84. The fourth-order valence-electron chi connectivity index (χ4n) is 2.74. The lowest BCUT2D eigenvalue weighted by atomic mass is 10.1. The number of carboxylic acid groups (broad SMARTS) is 1. The van der Waals surface area contributed by atoms with Gasteiger partial charge in [-0.1, -0.05) is 30.3 Å². The number of aliphatic carboxylic acids is 1. The molecule has 7 nitrogen and oxygen atoms in total. The van der Waals surface area contributed by atoms with Crippen molar-refractivity contribution in [3.8, 4) is 5.75 Å². The Morgan fingerprint density at radius 1 is 1.14 bits per heavy atom. The molecular formula is C21H21NO6. The molecule has 3 N–H and O–H groups in total. The molecule has 2 aromatic rings. The van der Waals surface area contributed by atoms with Gasteiger partial charge in [0.1, 0.15) is 11.5 Å². The highest BCUT2D eigenvalue weighted by Crippen LogP contribution is 2.27. The highest BCUT2D eigenvalue weighted by Gasteiger charge is 2.30. The van der Waals surface area contributed by atoms with Crippen LogP contribution < -0.4 is 5.32 Å². The molecule has 2 unspecified atom stereocenters. The molecule has 1 heterocycles. The standard InChI is InChI=1S/C21H21NO6/c23-16-8-6-15(7-9-16)18-10-11-19(28-18)20(24)22-17(21(25)26)13-27-12-14-4-2-1-3-5-14/h1-10,17,19,23H,11-13H2,(H,22,24)(H,25,26). The average molecular weight is 383 g/mol. The summed E-state index contributed by atoms with van der Waals surface area (Å²) < 4.78 is 11.1. The van der Waals surface area contributed by atoms with Crippen molar-refractivity contribution in [3.05, 3.63) is 71.8 Å². The first-order chi connectivity index (χ1) is 13.5. The summed E-state index contributed by atoms with van der Waals surface area (Å²) in [5.74, 6) is -1.03. The fraction of sp³-hybridized carbons (Fsp3) is 0.238. The third-order valence-corrected chi connectivity index (χ3v) is 4.24. The van der Waals surface area contributed by atoms with Crippen LogP contribution in [0.2, 0.25) is 0 Å². The molecule has 2 atom stereocenters. The summed E-state index contributed by atoms with van der Waals surface area (Å²) in [6.07, 6.45) is 1.29. The number of rotatable bonds is 8. The average Bonchev–Trinajstić information content (AvgIpc) is 3.19. The van der Waals surface area contributed by atoms with Crippen molar-refractivity contribution in [2.75, 3.05) is 6.61 Å². The number of amides is 1. The minimum atomic E-state index is -1.17. The first-order valence-electron chi connectivity index (χ1n) is 8.84. The van der Waals surface area contributed by atoms with E-state index in [0.29, 0.717) is 12.2 Å². The summed E-state index contributed by atoms with van der Waals surface area (Å²) in [6, 6.07) is 14.6. The van der Waals surface area contributed by atoms with Crippen LogP contribution in [0.25, 0.3) is 5.76 Å². The molecule has 0 saturated carbocycles. The van der Waals surface area contributed by atoms with E-state index in [-0.39, 0.29) is 19.0 Å². The molecule has 0 fully saturated rings. The van der Waals surface area contributed by atoms with Crippen LogP contribution in [0.4, 0.5) is 0 Å². The van der Waals surface area contributed by atoms with Crippen LogP contribution in [0.3, 0.4) is 0 Å². The van der Waals surface area contributed by atoms with Gasteiger partial charge in [-0.2, -0.15) is 0 Å². The molecule has 1 aliphatic heterocycles. The van der Waals surface area contributed by atoms with Crippen LogP contribution in [-0.2, 0) is 25.7 Å². The van der Waals surface area contributed by atoms with Gasteiger partial charge in [-0.05, 0) is 35.9 Å². The maximum absolute atomic E-state index is 12.4. The summed E-state index contributed by atoms with van der Waals surface area (Å²) in [5.41, 5.74) is 1.65. The Kier molecular flexibility index (Phi) is 6.29. The molecule has 1 amide bonds. The summed E-state index contributed by atoms with van der Waals surface area (Å²) in [5, 5.41) is 21.2. The number of ether oxygens (including phenoxy) is 2. The molecule has 0 bridgehead atoms. The number of phenols is 1. The van der Waals surface area contributed by atoms with Gasteiger partial charge < -0.3 is 25.0 Å². The van der Waals surface area contributed by atoms with E-state index >= 15 is 0 Å². The minimum absolute atomic E-state index is 0.136. The van der Waals surface area contributed by atoms with Gasteiger partial charge in [0.2, 0.25) is 0 Å². The van der Waals surface area contributed by atoms with Gasteiger partial charge in [0, 0.05) is 12.0 Å². The number of carbonyl (C=O) groups is 2. The Morgan fingerprint density at radius 3 is 2.54 bits per heavy atom. The summed E-state index contributed by atoms with van der Waals surface area (Å²) in [4.78, 5) is 23.8. The number of aromatic hydroxyl groups is 1. The molecule has 0 spiro atoms. The molecule has 2 aromatic carbocycles. The second-order valence-electron chi connectivity index (χ2n) is 6.36. The largest absolute Gasteiger partial charge is 0.508 e. The molecule has 0 saturated heterocycles. The predicted molar refractivity (Wildman–Crippen MR) is 101 cm³/mol. The van der Waals surface area contributed by atoms with Crippen molar-refractivity contribution in [1.29, 1.82) is 0 Å². The second-order valence-corrected chi connectivity index (χ2v) is 6.36. The molecule has 28 heavy (non-hydrogen) atoms. The molecule has 146 valence electrons. The lowest BCUT2D eigenvalue weighted by Gasteiger charge is -2.18.